The first-order valence-electron chi connectivity index (χ1n) is 15.1. The number of benzene rings is 2. The molecule has 1 saturated heterocycles. The first-order valence-corrected chi connectivity index (χ1v) is 16.5. The Morgan fingerprint density at radius 2 is 1.96 bits per heavy atom. The summed E-state index contributed by atoms with van der Waals surface area (Å²) in [6.45, 7) is 1.11. The zero-order chi connectivity index (χ0) is 31.8. The number of hydrogen-bond acceptors (Lipinski definition) is 9. The second kappa shape index (κ2) is 14.9. The van der Waals surface area contributed by atoms with Gasteiger partial charge in [0.1, 0.15) is 11.3 Å². The lowest BCUT2D eigenvalue weighted by atomic mass is 9.92. The van der Waals surface area contributed by atoms with Gasteiger partial charge in [-0.1, -0.05) is 18.2 Å². The molecule has 0 saturated carbocycles. The number of rotatable bonds is 15. The number of amides is 2. The number of aliphatic hydroxyl groups excluding tert-OH is 1. The zero-order valence-corrected chi connectivity index (χ0v) is 26.0. The number of nitrogens with one attached hydrogen (secondary N) is 1. The molecule has 1 fully saturated rings. The molecule has 0 spiro atoms. The van der Waals surface area contributed by atoms with Crippen LogP contribution in [0.1, 0.15) is 37.2 Å². The van der Waals surface area contributed by atoms with E-state index in [1.165, 1.54) is 19.2 Å². The molecule has 12 nitrogen and oxygen atoms in total. The molecule has 2 N–H and O–H groups in total. The van der Waals surface area contributed by atoms with Gasteiger partial charge in [0.15, 0.2) is 5.76 Å². The number of nitrogens with zero attached hydrogens (tertiary/aromatic N) is 2. The molecule has 242 valence electrons. The molecule has 2 atom stereocenters. The minimum atomic E-state index is -3.92. The summed E-state index contributed by atoms with van der Waals surface area (Å²) < 4.78 is 50.6. The average Bonchev–Trinajstić information content (AvgIpc) is 3.68. The zero-order valence-electron chi connectivity index (χ0n) is 25.2. The molecule has 13 heteroatoms. The second-order valence-corrected chi connectivity index (χ2v) is 12.8. The van der Waals surface area contributed by atoms with E-state index in [1.54, 1.807) is 29.4 Å². The average molecular weight is 642 g/mol. The van der Waals surface area contributed by atoms with Crippen molar-refractivity contribution in [2.24, 2.45) is 0 Å². The van der Waals surface area contributed by atoms with E-state index in [0.29, 0.717) is 38.1 Å². The lowest BCUT2D eigenvalue weighted by molar-refractivity contribution is -0.146. The number of methoxy groups -OCH3 is 1. The molecular weight excluding hydrogens is 602 g/mol. The van der Waals surface area contributed by atoms with Crippen LogP contribution in [0.15, 0.2) is 75.9 Å². The summed E-state index contributed by atoms with van der Waals surface area (Å²) in [7, 11) is -2.43. The van der Waals surface area contributed by atoms with Crippen molar-refractivity contribution in [3.63, 3.8) is 0 Å². The number of allylic oxidation sites excluding steroid dienone is 1. The van der Waals surface area contributed by atoms with Crippen LogP contribution in [0.3, 0.4) is 0 Å². The molecule has 2 aromatic carbocycles. The number of furan rings is 1. The number of ether oxygens (including phenoxy) is 3. The van der Waals surface area contributed by atoms with Gasteiger partial charge in [-0.15, -0.1) is 0 Å². The van der Waals surface area contributed by atoms with Crippen LogP contribution < -0.4 is 10.1 Å². The number of carbonyl (C=O) groups excluding carboxylic acids is 2. The molecule has 5 rings (SSSR count). The fourth-order valence-corrected chi connectivity index (χ4v) is 6.98. The van der Waals surface area contributed by atoms with Crippen LogP contribution in [0.2, 0.25) is 0 Å². The van der Waals surface area contributed by atoms with Gasteiger partial charge < -0.3 is 34.0 Å². The molecule has 2 amide bonds. The largest absolute Gasteiger partial charge is 0.497 e. The van der Waals surface area contributed by atoms with Gasteiger partial charge in [-0.2, -0.15) is 4.31 Å². The Hall–Kier alpha value is -3.91. The van der Waals surface area contributed by atoms with Gasteiger partial charge in [-0.3, -0.25) is 9.59 Å². The maximum absolute atomic E-state index is 13.3. The third kappa shape index (κ3) is 7.85. The van der Waals surface area contributed by atoms with Gasteiger partial charge in [0, 0.05) is 62.4 Å². The standard InChI is InChI=1S/C32H39N3O9S/c1-41-24-9-11-25(12-10-24)45(39,40)35(16-18-36)17-19-42-31-21-23(27-22-43-28-7-3-2-6-26(27)28)20-29(44-31)32(38)33-13-5-15-34-14-4-8-30(34)37/h2-3,6-7,9-12,20,22-23,31,36H,4-5,8,13-19,21H2,1H3,(H,33,38)/t23-,31+/m1/s1. The Bertz CT molecular complexity index is 1600. The Labute approximate surface area is 262 Å². The van der Waals surface area contributed by atoms with Crippen molar-refractivity contribution in [3.8, 4) is 5.75 Å². The summed E-state index contributed by atoms with van der Waals surface area (Å²) >= 11 is 0. The first-order chi connectivity index (χ1) is 21.8. The molecule has 0 radical (unpaired) electrons. The van der Waals surface area contributed by atoms with E-state index in [-0.39, 0.29) is 48.8 Å². The van der Waals surface area contributed by atoms with E-state index in [2.05, 4.69) is 5.32 Å². The van der Waals surface area contributed by atoms with Crippen LogP contribution in [0.4, 0.5) is 0 Å². The molecule has 0 aliphatic carbocycles. The van der Waals surface area contributed by atoms with Crippen molar-refractivity contribution in [1.82, 2.24) is 14.5 Å². The van der Waals surface area contributed by atoms with Crippen molar-refractivity contribution in [1.29, 1.82) is 0 Å². The second-order valence-electron chi connectivity index (χ2n) is 10.9. The number of likely N-dealkylation sites (tertiary alicyclic amines) is 1. The summed E-state index contributed by atoms with van der Waals surface area (Å²) in [4.78, 5) is 26.9. The van der Waals surface area contributed by atoms with E-state index in [4.69, 9.17) is 18.6 Å². The fourth-order valence-electron chi connectivity index (χ4n) is 5.57. The first kappa shape index (κ1) is 32.5. The Morgan fingerprint density at radius 3 is 2.69 bits per heavy atom. The van der Waals surface area contributed by atoms with Crippen LogP contribution in [-0.4, -0.2) is 93.9 Å². The van der Waals surface area contributed by atoms with Gasteiger partial charge >= 0.3 is 0 Å². The van der Waals surface area contributed by atoms with Gasteiger partial charge in [0.05, 0.1) is 31.5 Å². The molecule has 45 heavy (non-hydrogen) atoms. The van der Waals surface area contributed by atoms with Crippen molar-refractivity contribution in [2.45, 2.75) is 42.8 Å². The quantitative estimate of drug-likeness (QED) is 0.239. The van der Waals surface area contributed by atoms with Crippen molar-refractivity contribution in [2.75, 3.05) is 53.0 Å². The smallest absolute Gasteiger partial charge is 0.286 e. The fraction of sp³-hybridized carbons (Fsp3) is 0.438. The Kier molecular flexibility index (Phi) is 10.8. The van der Waals surface area contributed by atoms with Crippen molar-refractivity contribution in [3.05, 3.63) is 72.2 Å². The molecule has 1 aromatic heterocycles. The lowest BCUT2D eigenvalue weighted by Gasteiger charge is -2.30. The predicted molar refractivity (Wildman–Crippen MR) is 165 cm³/mol. The van der Waals surface area contributed by atoms with E-state index in [9.17, 15) is 23.1 Å². The summed E-state index contributed by atoms with van der Waals surface area (Å²) in [6, 6.07) is 13.6. The minimum absolute atomic E-state index is 0.0440. The number of fused-ring (bicyclic) bond motifs is 1. The Balaban J connectivity index is 1.25. The number of hydrogen-bond donors (Lipinski definition) is 2. The predicted octanol–water partition coefficient (Wildman–Crippen LogP) is 2.98. The van der Waals surface area contributed by atoms with E-state index >= 15 is 0 Å². The topological polar surface area (TPSA) is 148 Å². The maximum atomic E-state index is 13.3. The lowest BCUT2D eigenvalue weighted by Crippen LogP contribution is -2.38. The number of carbonyl (C=O) groups is 2. The highest BCUT2D eigenvalue weighted by Crippen LogP contribution is 2.36. The molecule has 2 aliphatic heterocycles. The SMILES string of the molecule is COc1ccc(S(=O)(=O)N(CCO)CCO[C@@H]2C[C@H](c3coc4ccccc34)C=C(C(=O)NCCCN3CCCC3=O)O2)cc1. The van der Waals surface area contributed by atoms with Crippen LogP contribution in [0.5, 0.6) is 5.75 Å². The number of sulfonamides is 1. The van der Waals surface area contributed by atoms with E-state index in [1.807, 2.05) is 24.3 Å². The molecular formula is C32H39N3O9S. The summed E-state index contributed by atoms with van der Waals surface area (Å²) in [5.41, 5.74) is 1.60. The summed E-state index contributed by atoms with van der Waals surface area (Å²) in [5, 5.41) is 13.4. The third-order valence-corrected chi connectivity index (χ3v) is 9.86. The highest BCUT2D eigenvalue weighted by Gasteiger charge is 2.31. The highest BCUT2D eigenvalue weighted by atomic mass is 32.2. The van der Waals surface area contributed by atoms with Crippen LogP contribution in [0.25, 0.3) is 11.0 Å². The summed E-state index contributed by atoms with van der Waals surface area (Å²) in [6.07, 6.45) is 4.99. The molecule has 0 bridgehead atoms. The Morgan fingerprint density at radius 1 is 1.16 bits per heavy atom. The van der Waals surface area contributed by atoms with Gasteiger partial charge in [-0.25, -0.2) is 8.42 Å². The van der Waals surface area contributed by atoms with Gasteiger partial charge in [0.25, 0.3) is 5.91 Å². The molecule has 2 aliphatic rings. The normalized spacial score (nSPS) is 18.7. The number of aliphatic hydroxyl groups is 1. The molecule has 3 heterocycles. The maximum Gasteiger partial charge on any atom is 0.286 e. The van der Waals surface area contributed by atoms with Crippen LogP contribution in [-0.2, 0) is 29.1 Å². The van der Waals surface area contributed by atoms with E-state index < -0.39 is 22.2 Å². The van der Waals surface area contributed by atoms with Gasteiger partial charge in [0.2, 0.25) is 22.2 Å². The number of para-hydroxylation sites is 1. The summed E-state index contributed by atoms with van der Waals surface area (Å²) in [5.74, 6) is 0.0841. The van der Waals surface area contributed by atoms with Crippen LogP contribution >= 0.6 is 0 Å². The van der Waals surface area contributed by atoms with Crippen molar-refractivity contribution >= 4 is 32.8 Å². The van der Waals surface area contributed by atoms with E-state index in [0.717, 1.165) is 33.8 Å². The monoisotopic (exact) mass is 641 g/mol. The third-order valence-electron chi connectivity index (χ3n) is 7.94. The molecule has 3 aromatic rings. The molecule has 0 unspecified atom stereocenters. The highest BCUT2D eigenvalue weighted by molar-refractivity contribution is 7.89. The van der Waals surface area contributed by atoms with Gasteiger partial charge in [-0.05, 0) is 49.2 Å². The van der Waals surface area contributed by atoms with Crippen LogP contribution in [0, 0.1) is 0 Å². The van der Waals surface area contributed by atoms with Crippen molar-refractivity contribution < 1.29 is 41.7 Å². The minimum Gasteiger partial charge on any atom is -0.497 e.